The highest BCUT2D eigenvalue weighted by molar-refractivity contribution is 6.03. The van der Waals surface area contributed by atoms with Gasteiger partial charge in [0.1, 0.15) is 12.2 Å². The van der Waals surface area contributed by atoms with Crippen LogP contribution >= 0.6 is 0 Å². The highest BCUT2D eigenvalue weighted by Crippen LogP contribution is 2.41. The van der Waals surface area contributed by atoms with Gasteiger partial charge in [0.05, 0.1) is 0 Å². The number of benzene rings is 1. The molecule has 2 atom stereocenters. The molecule has 2 unspecified atom stereocenters. The summed E-state index contributed by atoms with van der Waals surface area (Å²) in [6, 6.07) is 6.50. The van der Waals surface area contributed by atoms with Crippen LogP contribution in [0.15, 0.2) is 28.2 Å². The van der Waals surface area contributed by atoms with Crippen molar-refractivity contribution in [2.45, 2.75) is 45.2 Å². The first-order chi connectivity index (χ1) is 11.5. The zero-order chi connectivity index (χ0) is 17.3. The van der Waals surface area contributed by atoms with Crippen LogP contribution in [0.5, 0.6) is 0 Å². The number of carbonyl (C=O) groups is 1. The molecule has 128 valence electrons. The molecule has 0 saturated carbocycles. The van der Waals surface area contributed by atoms with Gasteiger partial charge in [0.25, 0.3) is 0 Å². The molecule has 0 spiro atoms. The van der Waals surface area contributed by atoms with E-state index in [0.29, 0.717) is 17.9 Å². The van der Waals surface area contributed by atoms with Gasteiger partial charge in [-0.15, -0.1) is 0 Å². The first kappa shape index (κ1) is 16.5. The van der Waals surface area contributed by atoms with Crippen LogP contribution in [-0.2, 0) is 0 Å². The van der Waals surface area contributed by atoms with E-state index in [0.717, 1.165) is 42.0 Å². The molecule has 3 rings (SSSR count). The second kappa shape index (κ2) is 6.63. The molecule has 1 aromatic carbocycles. The molecule has 2 heterocycles. The highest BCUT2D eigenvalue weighted by Gasteiger charge is 2.46. The van der Waals surface area contributed by atoms with Crippen molar-refractivity contribution in [3.05, 3.63) is 29.3 Å². The number of hydrogen-bond acceptors (Lipinski definition) is 2. The monoisotopic (exact) mass is 327 g/mol. The molecule has 2 saturated heterocycles. The van der Waals surface area contributed by atoms with Gasteiger partial charge in [-0.2, -0.15) is 0 Å². The third-order valence-electron chi connectivity index (χ3n) is 4.99. The van der Waals surface area contributed by atoms with Crippen LogP contribution < -0.4 is 11.1 Å². The molecular weight excluding hydrogens is 302 g/mol. The lowest BCUT2D eigenvalue weighted by Crippen LogP contribution is -2.63. The minimum Gasteiger partial charge on any atom is -0.383 e. The third-order valence-corrected chi connectivity index (χ3v) is 4.99. The van der Waals surface area contributed by atoms with E-state index in [2.05, 4.69) is 22.2 Å². The number of nitrogens with one attached hydrogen (secondary N) is 1. The molecule has 2 aliphatic heterocycles. The zero-order valence-electron chi connectivity index (χ0n) is 14.5. The van der Waals surface area contributed by atoms with E-state index in [4.69, 9.17) is 5.73 Å². The number of urea groups is 1. The van der Waals surface area contributed by atoms with Gasteiger partial charge in [0.2, 0.25) is 0 Å². The molecule has 2 fully saturated rings. The smallest absolute Gasteiger partial charge is 0.322 e. The number of nitrogens with two attached hydrogens (primary N) is 1. The van der Waals surface area contributed by atoms with Crippen LogP contribution in [0, 0.1) is 12.8 Å². The summed E-state index contributed by atoms with van der Waals surface area (Å²) in [5, 5.41) is 3.01. The van der Waals surface area contributed by atoms with E-state index in [1.165, 1.54) is 6.34 Å². The molecule has 6 nitrogen and oxygen atoms in total. The molecule has 0 aliphatic carbocycles. The van der Waals surface area contributed by atoms with E-state index in [1.807, 2.05) is 30.0 Å². The minimum absolute atomic E-state index is 0.0106. The average Bonchev–Trinajstić information content (AvgIpc) is 2.53. The van der Waals surface area contributed by atoms with Crippen molar-refractivity contribution in [1.82, 2.24) is 4.90 Å². The zero-order valence-corrected chi connectivity index (χ0v) is 14.5. The lowest BCUT2D eigenvalue weighted by Gasteiger charge is -2.54. The third kappa shape index (κ3) is 3.13. The second-order valence-electron chi connectivity index (χ2n) is 6.88. The van der Waals surface area contributed by atoms with Crippen LogP contribution in [-0.4, -0.2) is 42.2 Å². The van der Waals surface area contributed by atoms with Crippen LogP contribution in [0.4, 0.5) is 10.5 Å². The first-order valence-corrected chi connectivity index (χ1v) is 8.43. The number of amidine groups is 1. The average molecular weight is 327 g/mol. The normalized spacial score (nSPS) is 26.4. The van der Waals surface area contributed by atoms with E-state index < -0.39 is 0 Å². The molecule has 0 aromatic heterocycles. The van der Waals surface area contributed by atoms with Gasteiger partial charge in [-0.1, -0.05) is 13.0 Å². The summed E-state index contributed by atoms with van der Waals surface area (Å²) in [5.74, 6) is 1.11. The molecule has 2 aliphatic rings. The maximum Gasteiger partial charge on any atom is 0.322 e. The van der Waals surface area contributed by atoms with Gasteiger partial charge >= 0.3 is 6.03 Å². The van der Waals surface area contributed by atoms with Crippen molar-refractivity contribution in [2.24, 2.45) is 21.6 Å². The van der Waals surface area contributed by atoms with E-state index >= 15 is 0 Å². The summed E-state index contributed by atoms with van der Waals surface area (Å²) >= 11 is 0. The van der Waals surface area contributed by atoms with Gasteiger partial charge in [-0.05, 0) is 49.8 Å². The Morgan fingerprint density at radius 2 is 2.04 bits per heavy atom. The number of fused-ring (bicyclic) bond motifs is 2. The molecule has 24 heavy (non-hydrogen) atoms. The quantitative estimate of drug-likeness (QED) is 0.661. The Morgan fingerprint density at radius 3 is 2.71 bits per heavy atom. The molecule has 2 amide bonds. The maximum atomic E-state index is 12.6. The Hall–Kier alpha value is -2.37. The van der Waals surface area contributed by atoms with Gasteiger partial charge in [0, 0.05) is 30.4 Å². The first-order valence-electron chi connectivity index (χ1n) is 8.43. The number of amides is 2. The summed E-state index contributed by atoms with van der Waals surface area (Å²) in [5.41, 5.74) is 8.56. The number of anilines is 1. The van der Waals surface area contributed by atoms with E-state index in [9.17, 15) is 4.79 Å². The lowest BCUT2D eigenvalue weighted by molar-refractivity contribution is -0.00600. The number of rotatable bonds is 3. The molecule has 3 N–H and O–H groups in total. The van der Waals surface area contributed by atoms with Gasteiger partial charge in [0.15, 0.2) is 0 Å². The fraction of sp³-hybridized carbons (Fsp3) is 0.500. The highest BCUT2D eigenvalue weighted by atomic mass is 16.2. The Bertz CT molecular complexity index is 685. The fourth-order valence-corrected chi connectivity index (χ4v) is 3.83. The van der Waals surface area contributed by atoms with Crippen LogP contribution in [0.3, 0.4) is 0 Å². The Balaban J connectivity index is 1.73. The molecule has 1 aromatic rings. The summed E-state index contributed by atoms with van der Waals surface area (Å²) < 4.78 is 0. The van der Waals surface area contributed by atoms with E-state index in [1.54, 1.807) is 7.05 Å². The summed E-state index contributed by atoms with van der Waals surface area (Å²) in [7, 11) is 1.64. The van der Waals surface area contributed by atoms with Crippen molar-refractivity contribution >= 4 is 23.9 Å². The molecular formula is C18H25N5O. The summed E-state index contributed by atoms with van der Waals surface area (Å²) in [6.45, 7) is 4.23. The van der Waals surface area contributed by atoms with Crippen LogP contribution in [0.25, 0.3) is 0 Å². The second-order valence-corrected chi connectivity index (χ2v) is 6.88. The maximum absolute atomic E-state index is 12.6. The topological polar surface area (TPSA) is 83.1 Å². The lowest BCUT2D eigenvalue weighted by atomic mass is 9.74. The Kier molecular flexibility index (Phi) is 4.55. The molecule has 0 radical (unpaired) electrons. The number of aliphatic imine (C=N–C) groups is 2. The minimum atomic E-state index is -0.0106. The number of nitrogens with zero attached hydrogens (tertiary/aromatic N) is 3. The van der Waals surface area contributed by atoms with Crippen molar-refractivity contribution in [3.63, 3.8) is 0 Å². The molecule has 2 bridgehead atoms. The summed E-state index contributed by atoms with van der Waals surface area (Å²) in [4.78, 5) is 22.5. The number of piperidine rings is 1. The number of aryl methyl sites for hydroxylation is 1. The molecule has 6 heteroatoms. The SMILES string of the molecule is CN=CN=C(N)c1cc(NC(=O)N2C3CC(C)CC2C3)ccc1C. The van der Waals surface area contributed by atoms with Crippen molar-refractivity contribution in [1.29, 1.82) is 0 Å². The Labute approximate surface area is 142 Å². The van der Waals surface area contributed by atoms with Gasteiger partial charge in [-0.25, -0.2) is 9.79 Å². The summed E-state index contributed by atoms with van der Waals surface area (Å²) in [6.07, 6.45) is 4.79. The van der Waals surface area contributed by atoms with Crippen molar-refractivity contribution in [2.75, 3.05) is 12.4 Å². The number of carbonyl (C=O) groups excluding carboxylic acids is 1. The number of hydrogen-bond donors (Lipinski definition) is 2. The fourth-order valence-electron chi connectivity index (χ4n) is 3.83. The predicted molar refractivity (Wildman–Crippen MR) is 97.8 cm³/mol. The largest absolute Gasteiger partial charge is 0.383 e. The van der Waals surface area contributed by atoms with Crippen molar-refractivity contribution in [3.8, 4) is 0 Å². The standard InChI is InChI=1S/C18H25N5O/c1-11-6-14-9-15(7-11)23(14)18(24)22-13-5-4-12(2)16(8-13)17(19)21-10-20-3/h4-5,8,10-11,14-15H,6-7,9H2,1-3H3,(H,22,24)(H2,19,20,21). The van der Waals surface area contributed by atoms with E-state index in [-0.39, 0.29) is 6.03 Å². The predicted octanol–water partition coefficient (Wildman–Crippen LogP) is 2.76. The van der Waals surface area contributed by atoms with Crippen LogP contribution in [0.1, 0.15) is 37.3 Å². The van der Waals surface area contributed by atoms with Crippen molar-refractivity contribution < 1.29 is 4.79 Å². The van der Waals surface area contributed by atoms with Crippen LogP contribution in [0.2, 0.25) is 0 Å². The Morgan fingerprint density at radius 1 is 1.33 bits per heavy atom. The van der Waals surface area contributed by atoms with Gasteiger partial charge < -0.3 is 16.0 Å². The van der Waals surface area contributed by atoms with Gasteiger partial charge in [-0.3, -0.25) is 4.99 Å².